The molecule has 194 valence electrons. The van der Waals surface area contributed by atoms with Gasteiger partial charge in [0.25, 0.3) is 0 Å². The van der Waals surface area contributed by atoms with Gasteiger partial charge in [-0.25, -0.2) is 0 Å². The third-order valence-electron chi connectivity index (χ3n) is 7.35. The Kier molecular flexibility index (Phi) is 8.26. The number of rotatable bonds is 13. The third-order valence-corrected chi connectivity index (χ3v) is 7.35. The second kappa shape index (κ2) is 11.4. The summed E-state index contributed by atoms with van der Waals surface area (Å²) in [6, 6.07) is 8.80. The molecule has 2 amide bonds. The lowest BCUT2D eigenvalue weighted by atomic mass is 9.74. The number of fused-ring (bicyclic) bond motifs is 1. The first-order valence-corrected chi connectivity index (χ1v) is 12.9. The fourth-order valence-electron chi connectivity index (χ4n) is 5.81. The zero-order chi connectivity index (χ0) is 25.7. The predicted octanol–water partition coefficient (Wildman–Crippen LogP) is 2.47. The van der Waals surface area contributed by atoms with Crippen molar-refractivity contribution in [2.45, 2.75) is 56.9 Å². The standard InChI is InChI=1S/C28H36N2O6/c1-3-16-29(19-20-12-8-7-9-13-20)26(33)24-28-15-14-21(36-28)22(27(34)35-4-2)23(28)25(32)30(24)17-10-5-6-11-18-31/h3,7-9,12-15,21-24,31H,1,4-6,10-11,16-19H2,2H3. The maximum atomic E-state index is 14.2. The molecule has 2 fully saturated rings. The van der Waals surface area contributed by atoms with Gasteiger partial charge in [-0.15, -0.1) is 6.58 Å². The van der Waals surface area contributed by atoms with Crippen LogP contribution in [-0.4, -0.2) is 76.7 Å². The molecule has 2 saturated heterocycles. The van der Waals surface area contributed by atoms with Gasteiger partial charge in [-0.05, 0) is 25.3 Å². The third kappa shape index (κ3) is 4.72. The van der Waals surface area contributed by atoms with Crippen molar-refractivity contribution in [2.75, 3.05) is 26.3 Å². The zero-order valence-electron chi connectivity index (χ0n) is 20.9. The molecule has 1 spiro atoms. The molecule has 1 N–H and O–H groups in total. The Labute approximate surface area is 212 Å². The minimum Gasteiger partial charge on any atom is -0.466 e. The molecule has 0 aliphatic carbocycles. The number of carbonyl (C=O) groups excluding carboxylic acids is 3. The molecule has 3 aliphatic heterocycles. The smallest absolute Gasteiger partial charge is 0.312 e. The van der Waals surface area contributed by atoms with Gasteiger partial charge in [-0.2, -0.15) is 0 Å². The molecule has 4 rings (SSSR count). The lowest BCUT2D eigenvalue weighted by molar-refractivity contribution is -0.154. The number of ether oxygens (including phenoxy) is 2. The first-order valence-electron chi connectivity index (χ1n) is 12.9. The summed E-state index contributed by atoms with van der Waals surface area (Å²) in [6.45, 7) is 6.97. The number of amides is 2. The van der Waals surface area contributed by atoms with Crippen LogP contribution in [0.1, 0.15) is 38.2 Å². The second-order valence-electron chi connectivity index (χ2n) is 9.62. The molecular formula is C28H36N2O6. The van der Waals surface area contributed by atoms with Gasteiger partial charge >= 0.3 is 5.97 Å². The molecule has 5 atom stereocenters. The molecule has 1 aromatic rings. The van der Waals surface area contributed by atoms with Crippen LogP contribution in [-0.2, 0) is 30.4 Å². The van der Waals surface area contributed by atoms with E-state index in [1.165, 1.54) is 0 Å². The van der Waals surface area contributed by atoms with E-state index >= 15 is 0 Å². The number of aliphatic hydroxyl groups excluding tert-OH is 1. The van der Waals surface area contributed by atoms with Gasteiger partial charge in [0.05, 0.1) is 18.6 Å². The number of unbranched alkanes of at least 4 members (excludes halogenated alkanes) is 3. The van der Waals surface area contributed by atoms with Crippen LogP contribution in [0, 0.1) is 11.8 Å². The summed E-state index contributed by atoms with van der Waals surface area (Å²) in [7, 11) is 0. The van der Waals surface area contributed by atoms with E-state index < -0.39 is 35.6 Å². The summed E-state index contributed by atoms with van der Waals surface area (Å²) in [5, 5.41) is 9.08. The van der Waals surface area contributed by atoms with Crippen LogP contribution in [0.4, 0.5) is 0 Å². The minimum absolute atomic E-state index is 0.131. The highest BCUT2D eigenvalue weighted by Crippen LogP contribution is 2.55. The van der Waals surface area contributed by atoms with E-state index in [-0.39, 0.29) is 25.0 Å². The molecule has 5 unspecified atom stereocenters. The normalized spacial score (nSPS) is 27.8. The minimum atomic E-state index is -1.20. The lowest BCUT2D eigenvalue weighted by Gasteiger charge is -2.36. The van der Waals surface area contributed by atoms with Gasteiger partial charge in [0.1, 0.15) is 17.6 Å². The molecule has 3 aliphatic rings. The van der Waals surface area contributed by atoms with E-state index in [9.17, 15) is 14.4 Å². The SMILES string of the molecule is C=CCN(Cc1ccccc1)C(=O)C1N(CCCCCCO)C(=O)C2C(C(=O)OCC)C3C=CC21O3. The highest BCUT2D eigenvalue weighted by Gasteiger charge is 2.73. The molecule has 36 heavy (non-hydrogen) atoms. The van der Waals surface area contributed by atoms with E-state index in [1.54, 1.807) is 28.9 Å². The summed E-state index contributed by atoms with van der Waals surface area (Å²) in [5.74, 6) is -2.48. The van der Waals surface area contributed by atoms with Crippen LogP contribution in [0.5, 0.6) is 0 Å². The van der Waals surface area contributed by atoms with Crippen LogP contribution in [0.15, 0.2) is 55.1 Å². The summed E-state index contributed by atoms with van der Waals surface area (Å²) in [5.41, 5.74) is -0.226. The average Bonchev–Trinajstić information content (AvgIpc) is 3.51. The highest BCUT2D eigenvalue weighted by molar-refractivity contribution is 5.99. The number of benzene rings is 1. The molecule has 2 bridgehead atoms. The molecule has 1 aromatic carbocycles. The lowest BCUT2D eigenvalue weighted by Crippen LogP contribution is -2.55. The van der Waals surface area contributed by atoms with Gasteiger partial charge in [0.2, 0.25) is 11.8 Å². The van der Waals surface area contributed by atoms with Crippen molar-refractivity contribution < 1.29 is 29.0 Å². The van der Waals surface area contributed by atoms with E-state index in [1.807, 2.05) is 36.4 Å². The van der Waals surface area contributed by atoms with Crippen molar-refractivity contribution in [3.63, 3.8) is 0 Å². The van der Waals surface area contributed by atoms with Crippen LogP contribution < -0.4 is 0 Å². The summed E-state index contributed by atoms with van der Waals surface area (Å²) >= 11 is 0. The highest BCUT2D eigenvalue weighted by atomic mass is 16.6. The molecule has 0 radical (unpaired) electrons. The Hall–Kier alpha value is -2.97. The van der Waals surface area contributed by atoms with Crippen LogP contribution in [0.2, 0.25) is 0 Å². The van der Waals surface area contributed by atoms with Gasteiger partial charge in [0, 0.05) is 26.2 Å². The van der Waals surface area contributed by atoms with E-state index in [4.69, 9.17) is 14.6 Å². The Bertz CT molecular complexity index is 995. The fraction of sp³-hybridized carbons (Fsp3) is 0.536. The summed E-state index contributed by atoms with van der Waals surface area (Å²) < 4.78 is 11.6. The monoisotopic (exact) mass is 496 g/mol. The van der Waals surface area contributed by atoms with Crippen molar-refractivity contribution in [1.29, 1.82) is 0 Å². The van der Waals surface area contributed by atoms with Crippen molar-refractivity contribution >= 4 is 17.8 Å². The van der Waals surface area contributed by atoms with Gasteiger partial charge < -0.3 is 24.4 Å². The van der Waals surface area contributed by atoms with Gasteiger partial charge in [0.15, 0.2) is 0 Å². The van der Waals surface area contributed by atoms with Crippen LogP contribution in [0.25, 0.3) is 0 Å². The van der Waals surface area contributed by atoms with E-state index in [0.717, 1.165) is 18.4 Å². The number of nitrogens with zero attached hydrogens (tertiary/aromatic N) is 2. The zero-order valence-corrected chi connectivity index (χ0v) is 20.9. The molecule has 8 nitrogen and oxygen atoms in total. The first-order chi connectivity index (χ1) is 17.5. The van der Waals surface area contributed by atoms with Crippen molar-refractivity contribution in [2.24, 2.45) is 11.8 Å². The summed E-state index contributed by atoms with van der Waals surface area (Å²) in [4.78, 5) is 44.2. The Morgan fingerprint density at radius 2 is 1.97 bits per heavy atom. The van der Waals surface area contributed by atoms with Crippen LogP contribution >= 0.6 is 0 Å². The quantitative estimate of drug-likeness (QED) is 0.256. The fourth-order valence-corrected chi connectivity index (χ4v) is 5.81. The number of esters is 1. The van der Waals surface area contributed by atoms with Crippen molar-refractivity contribution in [1.82, 2.24) is 9.80 Å². The van der Waals surface area contributed by atoms with E-state index in [0.29, 0.717) is 32.5 Å². The predicted molar refractivity (Wildman–Crippen MR) is 133 cm³/mol. The number of likely N-dealkylation sites (tertiary alicyclic amines) is 1. The Balaban J connectivity index is 1.65. The van der Waals surface area contributed by atoms with E-state index in [2.05, 4.69) is 6.58 Å². The Morgan fingerprint density at radius 3 is 2.67 bits per heavy atom. The largest absolute Gasteiger partial charge is 0.466 e. The number of aliphatic hydroxyl groups is 1. The molecule has 0 aromatic heterocycles. The second-order valence-corrected chi connectivity index (χ2v) is 9.62. The summed E-state index contributed by atoms with van der Waals surface area (Å²) in [6.07, 6.45) is 7.76. The Morgan fingerprint density at radius 1 is 1.22 bits per heavy atom. The molecular weight excluding hydrogens is 460 g/mol. The first kappa shape index (κ1) is 26.1. The van der Waals surface area contributed by atoms with Crippen molar-refractivity contribution in [3.05, 3.63) is 60.7 Å². The van der Waals surface area contributed by atoms with Crippen LogP contribution in [0.3, 0.4) is 0 Å². The number of hydrogen-bond acceptors (Lipinski definition) is 6. The maximum Gasteiger partial charge on any atom is 0.312 e. The molecule has 0 saturated carbocycles. The van der Waals surface area contributed by atoms with Gasteiger partial charge in [-0.1, -0.05) is 61.4 Å². The molecule has 3 heterocycles. The van der Waals surface area contributed by atoms with Gasteiger partial charge in [-0.3, -0.25) is 14.4 Å². The number of carbonyl (C=O) groups is 3. The topological polar surface area (TPSA) is 96.4 Å². The maximum absolute atomic E-state index is 14.2. The molecule has 8 heteroatoms. The van der Waals surface area contributed by atoms with Crippen molar-refractivity contribution in [3.8, 4) is 0 Å². The number of hydrogen-bond donors (Lipinski definition) is 1. The average molecular weight is 497 g/mol.